The molecular weight excluding hydrogens is 1180 g/mol. The van der Waals surface area contributed by atoms with Crippen LogP contribution in [-0.4, -0.2) is 116 Å². The molecule has 3 aromatic heterocycles. The van der Waals surface area contributed by atoms with Crippen LogP contribution in [-0.2, 0) is 27.1 Å². The van der Waals surface area contributed by atoms with E-state index < -0.39 is 65.6 Å². The fraction of sp³-hybridized carbons (Fsp3) is 0.560. The van der Waals surface area contributed by atoms with E-state index in [0.717, 1.165) is 99.3 Å². The second kappa shape index (κ2) is 26.8. The number of rotatable bonds is 15. The first-order chi connectivity index (χ1) is 45.7. The van der Waals surface area contributed by atoms with Gasteiger partial charge in [0.1, 0.15) is 24.6 Å². The third-order valence-electron chi connectivity index (χ3n) is 23.2. The number of carbonyl (C=O) groups excluding carboxylic acids is 1. The Bertz CT molecular complexity index is 3770. The lowest BCUT2D eigenvalue weighted by Crippen LogP contribution is -2.75. The Morgan fingerprint density at radius 1 is 0.957 bits per heavy atom. The van der Waals surface area contributed by atoms with E-state index in [1.54, 1.807) is 24.5 Å². The summed E-state index contributed by atoms with van der Waals surface area (Å²) in [7, 11) is 0. The molecule has 14 atom stereocenters. The van der Waals surface area contributed by atoms with E-state index in [0.29, 0.717) is 87.0 Å². The van der Waals surface area contributed by atoms with Crippen molar-refractivity contribution in [3.05, 3.63) is 120 Å². The van der Waals surface area contributed by atoms with Gasteiger partial charge >= 0.3 is 5.97 Å². The SMILES string of the molecule is CCNCC1CCC2(CCCC2)C1(CN=C1NC(n2cc3cc[nH]c3c2)C2C(O)NC3CCCCC3C#CCC3(C4CC(OC(C)=O)CC(c5cc(O)c(O)c(OCCc6cccnc6)c5)O4)CC#CC4C(CCCC42N1)Oc1cc(ccc1O)C3)CC1=CCNC(N)=C1. The van der Waals surface area contributed by atoms with Crippen molar-refractivity contribution in [1.82, 2.24) is 41.1 Å². The first-order valence-electron chi connectivity index (χ1n) is 34.9. The topological polar surface area (TPSA) is 267 Å². The van der Waals surface area contributed by atoms with Gasteiger partial charge in [0.15, 0.2) is 29.0 Å². The number of H-pyrrole nitrogens is 1. The predicted molar refractivity (Wildman–Crippen MR) is 359 cm³/mol. The molecule has 4 saturated carbocycles. The molecule has 0 amide bonds. The van der Waals surface area contributed by atoms with Crippen molar-refractivity contribution in [2.45, 2.75) is 191 Å². The highest BCUT2D eigenvalue weighted by atomic mass is 16.6. The van der Waals surface area contributed by atoms with Gasteiger partial charge in [-0.05, 0) is 160 Å². The van der Waals surface area contributed by atoms with Crippen LogP contribution in [0.5, 0.6) is 28.7 Å². The highest BCUT2D eigenvalue weighted by Gasteiger charge is 2.62. The summed E-state index contributed by atoms with van der Waals surface area (Å²) < 4.78 is 29.5. The molecule has 2 aromatic carbocycles. The lowest BCUT2D eigenvalue weighted by Gasteiger charge is -2.57. The van der Waals surface area contributed by atoms with Gasteiger partial charge in [-0.1, -0.05) is 62.7 Å². The van der Waals surface area contributed by atoms with Crippen molar-refractivity contribution in [2.75, 3.05) is 32.8 Å². The number of hydrogen-bond donors (Lipinski definition) is 11. The fourth-order valence-corrected chi connectivity index (χ4v) is 18.7. The van der Waals surface area contributed by atoms with Gasteiger partial charge in [0, 0.05) is 111 Å². The number of guanidine groups is 1. The van der Waals surface area contributed by atoms with E-state index >= 15 is 0 Å². The van der Waals surface area contributed by atoms with Gasteiger partial charge in [0.25, 0.3) is 0 Å². The maximum absolute atomic E-state index is 13.7. The second-order valence-corrected chi connectivity index (χ2v) is 28.8. The van der Waals surface area contributed by atoms with Crippen molar-refractivity contribution in [2.24, 2.45) is 50.6 Å². The average Bonchev–Trinajstić information content (AvgIpc) is 1.39. The van der Waals surface area contributed by atoms with Crippen LogP contribution in [0.3, 0.4) is 0 Å². The Hall–Kier alpha value is -7.81. The van der Waals surface area contributed by atoms with Crippen molar-refractivity contribution < 1.29 is 44.2 Å². The van der Waals surface area contributed by atoms with E-state index in [1.807, 2.05) is 30.5 Å². The van der Waals surface area contributed by atoms with Gasteiger partial charge < -0.3 is 75.9 Å². The maximum Gasteiger partial charge on any atom is 0.302 e. The number of nitrogens with zero attached hydrogens (tertiary/aromatic N) is 3. The summed E-state index contributed by atoms with van der Waals surface area (Å²) in [4.78, 5) is 26.9. The summed E-state index contributed by atoms with van der Waals surface area (Å²) >= 11 is 0. The van der Waals surface area contributed by atoms with Crippen LogP contribution in [0.1, 0.15) is 158 Å². The molecule has 14 rings (SSSR count). The fourth-order valence-electron chi connectivity index (χ4n) is 18.7. The number of benzene rings is 2. The molecule has 6 fully saturated rings. The van der Waals surface area contributed by atoms with E-state index in [9.17, 15) is 25.2 Å². The van der Waals surface area contributed by atoms with Gasteiger partial charge in [0.05, 0.1) is 47.5 Å². The molecule has 19 nitrogen and oxygen atoms in total. The van der Waals surface area contributed by atoms with Crippen LogP contribution >= 0.6 is 0 Å². The zero-order valence-electron chi connectivity index (χ0n) is 54.4. The molecule has 4 bridgehead atoms. The van der Waals surface area contributed by atoms with Gasteiger partial charge in [-0.25, -0.2) is 0 Å². The molecule has 2 spiro atoms. The van der Waals surface area contributed by atoms with Gasteiger partial charge in [0.2, 0.25) is 5.75 Å². The van der Waals surface area contributed by atoms with Crippen LogP contribution < -0.4 is 41.8 Å². The molecule has 4 aliphatic carbocycles. The van der Waals surface area contributed by atoms with Crippen LogP contribution in [0.15, 0.2) is 108 Å². The molecule has 0 radical (unpaired) electrons. The van der Waals surface area contributed by atoms with Crippen molar-refractivity contribution >= 4 is 22.8 Å². The number of nitrogens with two attached hydrogens (primary N) is 1. The Balaban J connectivity index is 0.917. The number of phenolic OH excluding ortho intramolecular Hbond substituents is 3. The molecule has 8 heterocycles. The molecule has 498 valence electrons. The van der Waals surface area contributed by atoms with Crippen molar-refractivity contribution in [1.29, 1.82) is 0 Å². The molecule has 19 heteroatoms. The third-order valence-corrected chi connectivity index (χ3v) is 23.2. The summed E-state index contributed by atoms with van der Waals surface area (Å²) in [5, 5.41) is 68.8. The zero-order chi connectivity index (χ0) is 64.6. The summed E-state index contributed by atoms with van der Waals surface area (Å²) in [5.74, 6) is 15.1. The quantitative estimate of drug-likeness (QED) is 0.0265. The first-order valence-corrected chi connectivity index (χ1v) is 34.9. The minimum absolute atomic E-state index is 0.00514. The minimum atomic E-state index is -1.08. The van der Waals surface area contributed by atoms with E-state index in [1.165, 1.54) is 31.4 Å². The minimum Gasteiger partial charge on any atom is -0.504 e. The molecule has 2 saturated heterocycles. The number of ether oxygens (including phenoxy) is 4. The number of fused-ring (bicyclic) bond motifs is 6. The number of dihydropyridines is 1. The van der Waals surface area contributed by atoms with Crippen molar-refractivity contribution in [3.63, 3.8) is 0 Å². The molecule has 5 aromatic rings. The number of aliphatic imine (C=N–C) groups is 1. The maximum atomic E-state index is 13.7. The number of aliphatic hydroxyl groups is 1. The Kier molecular flexibility index (Phi) is 18.1. The first kappa shape index (κ1) is 63.6. The van der Waals surface area contributed by atoms with E-state index in [-0.39, 0.29) is 58.8 Å². The average molecular weight is 1280 g/mol. The van der Waals surface area contributed by atoms with Gasteiger partial charge in [-0.3, -0.25) is 20.1 Å². The molecular formula is C75H94N10O9. The summed E-state index contributed by atoms with van der Waals surface area (Å²) in [6.07, 6.45) is 25.7. The lowest BCUT2D eigenvalue weighted by molar-refractivity contribution is -0.174. The number of aromatic hydroxyl groups is 3. The number of allylic oxidation sites excluding steroid dienone is 2. The smallest absolute Gasteiger partial charge is 0.302 e. The standard InChI is InChI=1S/C75H94N10O9/c1-3-77-43-54-20-29-73(26-6-7-27-73)74(54,41-50-21-31-80-66(76)35-50)46-81-71-83-69(85-44-52-22-32-79-58(52)45-85)67-70(90)82-57-16-5-4-13-51(57)14-8-24-72(25-9-15-56-61(17-10-28-75(56,67)84-71)93-63-34-49(40-72)18-19-59(63)87)65-39-55(92-47(2)86)38-62(94-65)53-36-60(88)68(89)64(37-53)91-33-23-48-12-11-30-78-42-48/h11-12,18-19,21-22,30,32,34-37,42,44-45,51,54-57,61-62,65,67,69-70,77,79-80,82,87-90H,3-7,10,13,16-17,20,23-29,31,33,38-41,43,46,76H2,1-2H3,(H2,81,83,84). The lowest BCUT2D eigenvalue weighted by atomic mass is 9.58. The normalized spacial score (nSPS) is 33.1. The molecule has 14 unspecified atom stereocenters. The molecule has 94 heavy (non-hydrogen) atoms. The summed E-state index contributed by atoms with van der Waals surface area (Å²) in [6, 6.07) is 14.6. The van der Waals surface area contributed by atoms with E-state index in [4.69, 9.17) is 29.7 Å². The molecule has 5 aliphatic heterocycles. The summed E-state index contributed by atoms with van der Waals surface area (Å²) in [6.45, 7) is 6.86. The number of aromatic amines is 1. The van der Waals surface area contributed by atoms with Crippen LogP contribution in [0.2, 0.25) is 0 Å². The van der Waals surface area contributed by atoms with Crippen LogP contribution in [0.25, 0.3) is 10.9 Å². The Labute approximate surface area is 551 Å². The van der Waals surface area contributed by atoms with Gasteiger partial charge in [-0.15, -0.1) is 11.8 Å². The largest absolute Gasteiger partial charge is 0.504 e. The predicted octanol–water partition coefficient (Wildman–Crippen LogP) is 9.70. The number of phenols is 3. The number of aliphatic hydroxyl groups excluding tert-OH is 1. The van der Waals surface area contributed by atoms with Crippen LogP contribution in [0.4, 0.5) is 0 Å². The zero-order valence-corrected chi connectivity index (χ0v) is 54.4. The number of aromatic nitrogens is 3. The Morgan fingerprint density at radius 2 is 1.82 bits per heavy atom. The van der Waals surface area contributed by atoms with Crippen LogP contribution in [0, 0.1) is 63.6 Å². The number of nitrogens with one attached hydrogen (secondary N) is 6. The second-order valence-electron chi connectivity index (χ2n) is 28.8. The molecule has 9 aliphatic rings. The molecule has 12 N–H and O–H groups in total. The number of pyridine rings is 1. The highest BCUT2D eigenvalue weighted by Crippen LogP contribution is 2.66. The Morgan fingerprint density at radius 3 is 2.64 bits per heavy atom. The highest BCUT2D eigenvalue weighted by molar-refractivity contribution is 5.83. The number of esters is 1. The summed E-state index contributed by atoms with van der Waals surface area (Å²) in [5.41, 5.74) is 9.19. The third kappa shape index (κ3) is 12.5. The van der Waals surface area contributed by atoms with E-state index in [2.05, 4.69) is 102 Å². The monoisotopic (exact) mass is 1280 g/mol. The van der Waals surface area contributed by atoms with Crippen molar-refractivity contribution in [3.8, 4) is 52.4 Å². The number of carbonyl (C=O) groups is 1. The van der Waals surface area contributed by atoms with Gasteiger partial charge in [-0.2, -0.15) is 0 Å². The number of hydrogen-bond acceptors (Lipinski definition) is 15.